The van der Waals surface area contributed by atoms with E-state index >= 15 is 0 Å². The van der Waals surface area contributed by atoms with Crippen LogP contribution in [0.3, 0.4) is 0 Å². The van der Waals surface area contributed by atoms with Gasteiger partial charge in [0, 0.05) is 17.6 Å². The van der Waals surface area contributed by atoms with Crippen molar-refractivity contribution < 1.29 is 13.9 Å². The molecule has 5 heteroatoms. The van der Waals surface area contributed by atoms with Gasteiger partial charge in [-0.15, -0.1) is 0 Å². The molecule has 0 fully saturated rings. The lowest BCUT2D eigenvalue weighted by molar-refractivity contribution is 0.1000. The number of primary amides is 1. The number of carbonyl (C=O) groups excluding carboxylic acids is 1. The molecule has 2 aromatic rings. The van der Waals surface area contributed by atoms with E-state index in [9.17, 15) is 9.18 Å². The number of hydrogen-bond acceptors (Lipinski definition) is 3. The quantitative estimate of drug-likeness (QED) is 0.881. The van der Waals surface area contributed by atoms with Crippen molar-refractivity contribution in [1.82, 2.24) is 4.98 Å². The number of ether oxygens (including phenoxy) is 1. The Morgan fingerprint density at radius 3 is 2.88 bits per heavy atom. The molecule has 1 aromatic carbocycles. The Morgan fingerprint density at radius 2 is 2.24 bits per heavy atom. The number of rotatable bonds is 3. The van der Waals surface area contributed by atoms with Crippen molar-refractivity contribution >= 4 is 16.8 Å². The summed E-state index contributed by atoms with van der Waals surface area (Å²) in [6.45, 7) is 2.13. The summed E-state index contributed by atoms with van der Waals surface area (Å²) in [6, 6.07) is 4.34. The first-order chi connectivity index (χ1) is 8.11. The van der Waals surface area contributed by atoms with Gasteiger partial charge in [-0.25, -0.2) is 4.39 Å². The first kappa shape index (κ1) is 11.3. The third-order valence-corrected chi connectivity index (χ3v) is 2.32. The van der Waals surface area contributed by atoms with Crippen molar-refractivity contribution in [2.24, 2.45) is 5.73 Å². The van der Waals surface area contributed by atoms with Crippen molar-refractivity contribution in [3.05, 3.63) is 35.8 Å². The van der Waals surface area contributed by atoms with Crippen LogP contribution in [0.15, 0.2) is 24.4 Å². The Morgan fingerprint density at radius 1 is 1.47 bits per heavy atom. The van der Waals surface area contributed by atoms with Crippen LogP contribution >= 0.6 is 0 Å². The van der Waals surface area contributed by atoms with Crippen LogP contribution < -0.4 is 10.5 Å². The lowest BCUT2D eigenvalue weighted by Gasteiger charge is -2.06. The maximum absolute atomic E-state index is 13.5. The summed E-state index contributed by atoms with van der Waals surface area (Å²) < 4.78 is 18.6. The summed E-state index contributed by atoms with van der Waals surface area (Å²) in [5.74, 6) is -0.899. The van der Waals surface area contributed by atoms with Gasteiger partial charge in [0.25, 0.3) is 0 Å². The fourth-order valence-electron chi connectivity index (χ4n) is 1.53. The highest BCUT2D eigenvalue weighted by molar-refractivity contribution is 5.96. The van der Waals surface area contributed by atoms with Gasteiger partial charge in [0.2, 0.25) is 5.91 Å². The number of pyridine rings is 1. The van der Waals surface area contributed by atoms with Crippen LogP contribution in [0, 0.1) is 5.82 Å². The Bertz CT molecular complexity index is 584. The van der Waals surface area contributed by atoms with Gasteiger partial charge in [-0.05, 0) is 19.1 Å². The third-order valence-electron chi connectivity index (χ3n) is 2.32. The predicted molar refractivity (Wildman–Crippen MR) is 61.4 cm³/mol. The van der Waals surface area contributed by atoms with Crippen LogP contribution in [0.4, 0.5) is 4.39 Å². The standard InChI is InChI=1S/C12H11FN2O2/c1-2-17-11-4-7-3-8(12(14)16)6-15-10(7)5-9(11)13/h3-6H,2H2,1H3,(H2,14,16). The zero-order valence-electron chi connectivity index (χ0n) is 9.24. The number of halogens is 1. The second kappa shape index (κ2) is 4.37. The van der Waals surface area contributed by atoms with Gasteiger partial charge < -0.3 is 10.5 Å². The summed E-state index contributed by atoms with van der Waals surface area (Å²) in [5.41, 5.74) is 5.89. The smallest absolute Gasteiger partial charge is 0.250 e. The van der Waals surface area contributed by atoms with Crippen molar-refractivity contribution in [2.75, 3.05) is 6.61 Å². The SMILES string of the molecule is CCOc1cc2cc(C(N)=O)cnc2cc1F. The molecule has 1 aromatic heterocycles. The molecule has 0 aliphatic rings. The molecule has 0 aliphatic carbocycles. The van der Waals surface area contributed by atoms with E-state index in [0.29, 0.717) is 17.5 Å². The topological polar surface area (TPSA) is 65.2 Å². The van der Waals surface area contributed by atoms with Crippen LogP contribution in [-0.4, -0.2) is 17.5 Å². The molecule has 2 N–H and O–H groups in total. The number of aromatic nitrogens is 1. The molecule has 2 rings (SSSR count). The first-order valence-corrected chi connectivity index (χ1v) is 5.13. The third kappa shape index (κ3) is 2.18. The molecule has 4 nitrogen and oxygen atoms in total. The minimum atomic E-state index is -0.568. The second-order valence-corrected chi connectivity index (χ2v) is 3.50. The van der Waals surface area contributed by atoms with Gasteiger partial charge >= 0.3 is 0 Å². The minimum absolute atomic E-state index is 0.142. The lowest BCUT2D eigenvalue weighted by atomic mass is 10.1. The monoisotopic (exact) mass is 234 g/mol. The van der Waals surface area contributed by atoms with Gasteiger partial charge in [0.1, 0.15) is 0 Å². The van der Waals surface area contributed by atoms with Gasteiger partial charge in [0.15, 0.2) is 11.6 Å². The van der Waals surface area contributed by atoms with E-state index in [0.717, 1.165) is 0 Å². The molecule has 0 aliphatic heterocycles. The van der Waals surface area contributed by atoms with Crippen molar-refractivity contribution in [1.29, 1.82) is 0 Å². The molecular formula is C12H11FN2O2. The molecule has 0 unspecified atom stereocenters. The Kier molecular flexibility index (Phi) is 2.91. The molecule has 88 valence electrons. The van der Waals surface area contributed by atoms with E-state index < -0.39 is 11.7 Å². The highest BCUT2D eigenvalue weighted by Gasteiger charge is 2.08. The van der Waals surface area contributed by atoms with E-state index in [1.165, 1.54) is 18.3 Å². The number of nitrogens with zero attached hydrogens (tertiary/aromatic N) is 1. The molecule has 0 bridgehead atoms. The molecule has 0 spiro atoms. The first-order valence-electron chi connectivity index (χ1n) is 5.13. The lowest BCUT2D eigenvalue weighted by Crippen LogP contribution is -2.11. The van der Waals surface area contributed by atoms with E-state index in [1.807, 2.05) is 0 Å². The molecule has 17 heavy (non-hydrogen) atoms. The number of amides is 1. The Hall–Kier alpha value is -2.17. The summed E-state index contributed by atoms with van der Waals surface area (Å²) >= 11 is 0. The average molecular weight is 234 g/mol. The zero-order valence-corrected chi connectivity index (χ0v) is 9.24. The molecule has 1 amide bonds. The molecule has 0 saturated heterocycles. The highest BCUT2D eigenvalue weighted by Crippen LogP contribution is 2.24. The van der Waals surface area contributed by atoms with Gasteiger partial charge in [-0.3, -0.25) is 9.78 Å². The number of fused-ring (bicyclic) bond motifs is 1. The largest absolute Gasteiger partial charge is 0.491 e. The van der Waals surface area contributed by atoms with Crippen LogP contribution in [0.25, 0.3) is 10.9 Å². The summed E-state index contributed by atoms with van der Waals surface area (Å²) in [7, 11) is 0. The molecule has 1 heterocycles. The van der Waals surface area contributed by atoms with Crippen molar-refractivity contribution in [3.8, 4) is 5.75 Å². The van der Waals surface area contributed by atoms with E-state index in [1.54, 1.807) is 13.0 Å². The predicted octanol–water partition coefficient (Wildman–Crippen LogP) is 1.87. The van der Waals surface area contributed by atoms with Gasteiger partial charge in [-0.2, -0.15) is 0 Å². The minimum Gasteiger partial charge on any atom is -0.491 e. The molecule has 0 atom stereocenters. The Balaban J connectivity index is 2.59. The van der Waals surface area contributed by atoms with Crippen LogP contribution in [0.5, 0.6) is 5.75 Å². The number of carbonyl (C=O) groups is 1. The van der Waals surface area contributed by atoms with Gasteiger partial charge in [0.05, 0.1) is 17.7 Å². The van der Waals surface area contributed by atoms with E-state index in [4.69, 9.17) is 10.5 Å². The maximum atomic E-state index is 13.5. The molecular weight excluding hydrogens is 223 g/mol. The van der Waals surface area contributed by atoms with Crippen LogP contribution in [0.2, 0.25) is 0 Å². The number of benzene rings is 1. The van der Waals surface area contributed by atoms with Gasteiger partial charge in [-0.1, -0.05) is 0 Å². The normalized spacial score (nSPS) is 10.5. The zero-order chi connectivity index (χ0) is 12.4. The fourth-order valence-corrected chi connectivity index (χ4v) is 1.53. The summed E-state index contributed by atoms with van der Waals surface area (Å²) in [6.07, 6.45) is 1.32. The molecule has 0 saturated carbocycles. The number of nitrogens with two attached hydrogens (primary N) is 1. The van der Waals surface area contributed by atoms with Crippen molar-refractivity contribution in [2.45, 2.75) is 6.92 Å². The second-order valence-electron chi connectivity index (χ2n) is 3.50. The highest BCUT2D eigenvalue weighted by atomic mass is 19.1. The van der Waals surface area contributed by atoms with Crippen LogP contribution in [-0.2, 0) is 0 Å². The van der Waals surface area contributed by atoms with Crippen LogP contribution in [0.1, 0.15) is 17.3 Å². The van der Waals surface area contributed by atoms with Crippen molar-refractivity contribution in [3.63, 3.8) is 0 Å². The van der Waals surface area contributed by atoms with E-state index in [2.05, 4.69) is 4.98 Å². The fraction of sp³-hybridized carbons (Fsp3) is 0.167. The maximum Gasteiger partial charge on any atom is 0.250 e. The average Bonchev–Trinajstić information content (AvgIpc) is 2.29. The summed E-state index contributed by atoms with van der Waals surface area (Å²) in [5, 5.41) is 0.617. The van der Waals surface area contributed by atoms with E-state index in [-0.39, 0.29) is 11.3 Å². The summed E-state index contributed by atoms with van der Waals surface area (Å²) in [4.78, 5) is 15.0. The number of hydrogen-bond donors (Lipinski definition) is 1. The Labute approximate surface area is 97.2 Å². The molecule has 0 radical (unpaired) electrons.